The zero-order valence-electron chi connectivity index (χ0n) is 19.5. The summed E-state index contributed by atoms with van der Waals surface area (Å²) in [4.78, 5) is 29.9. The number of ether oxygens (including phenoxy) is 3. The molecule has 0 atom stereocenters. The number of benzene rings is 2. The molecule has 1 aliphatic heterocycles. The average molecular weight is 449 g/mol. The molecule has 0 radical (unpaired) electrons. The minimum Gasteiger partial charge on any atom is -0.488 e. The van der Waals surface area contributed by atoms with Crippen LogP contribution in [0.1, 0.15) is 45.7 Å². The molecule has 0 bridgehead atoms. The van der Waals surface area contributed by atoms with E-state index in [2.05, 4.69) is 4.98 Å². The zero-order valence-corrected chi connectivity index (χ0v) is 19.5. The molecule has 1 aromatic heterocycles. The molecule has 0 fully saturated rings. The summed E-state index contributed by atoms with van der Waals surface area (Å²) in [6, 6.07) is 11.6. The van der Waals surface area contributed by atoms with Gasteiger partial charge < -0.3 is 14.2 Å². The number of hydrogen-bond acceptors (Lipinski definition) is 6. The summed E-state index contributed by atoms with van der Waals surface area (Å²) in [6.45, 7) is 9.24. The molecule has 2 aromatic carbocycles. The lowest BCUT2D eigenvalue weighted by molar-refractivity contribution is -0.157. The highest BCUT2D eigenvalue weighted by atomic mass is 16.5. The summed E-state index contributed by atoms with van der Waals surface area (Å²) in [7, 11) is 0. The van der Waals surface area contributed by atoms with Crippen molar-refractivity contribution in [3.05, 3.63) is 70.3 Å². The van der Waals surface area contributed by atoms with Crippen LogP contribution in [0.5, 0.6) is 11.5 Å². The number of rotatable bonds is 5. The molecule has 1 aliphatic rings. The van der Waals surface area contributed by atoms with Crippen LogP contribution in [0, 0.1) is 5.41 Å². The highest BCUT2D eigenvalue weighted by Crippen LogP contribution is 2.41. The first-order chi connectivity index (χ1) is 15.5. The Morgan fingerprint density at radius 3 is 2.61 bits per heavy atom. The fraction of sp³-hybridized carbons (Fsp3) is 0.346. The average Bonchev–Trinajstić information content (AvgIpc) is 2.76. The number of carbonyl (C=O) groups excluding carboxylic acids is 1. The van der Waals surface area contributed by atoms with Crippen molar-refractivity contribution >= 4 is 22.9 Å². The Hall–Kier alpha value is -3.61. The predicted molar refractivity (Wildman–Crippen MR) is 126 cm³/mol. The van der Waals surface area contributed by atoms with Crippen molar-refractivity contribution in [1.29, 1.82) is 0 Å². The zero-order chi connectivity index (χ0) is 23.8. The van der Waals surface area contributed by atoms with Crippen molar-refractivity contribution in [3.8, 4) is 11.5 Å². The van der Waals surface area contributed by atoms with Gasteiger partial charge >= 0.3 is 5.97 Å². The van der Waals surface area contributed by atoms with Gasteiger partial charge in [-0.1, -0.05) is 30.3 Å². The maximum atomic E-state index is 13.4. The number of carbonyl (C=O) groups is 1. The van der Waals surface area contributed by atoms with Crippen molar-refractivity contribution in [2.45, 2.75) is 53.6 Å². The van der Waals surface area contributed by atoms with Gasteiger partial charge in [-0.25, -0.2) is 4.98 Å². The van der Waals surface area contributed by atoms with Crippen molar-refractivity contribution in [2.24, 2.45) is 5.41 Å². The Kier molecular flexibility index (Phi) is 5.74. The van der Waals surface area contributed by atoms with Crippen LogP contribution in [0.15, 0.2) is 53.6 Å². The highest BCUT2D eigenvalue weighted by molar-refractivity contribution is 5.92. The lowest BCUT2D eigenvalue weighted by Gasteiger charge is -2.29. The van der Waals surface area contributed by atoms with Crippen LogP contribution in [0.3, 0.4) is 0 Å². The Morgan fingerprint density at radius 1 is 1.18 bits per heavy atom. The van der Waals surface area contributed by atoms with Gasteiger partial charge in [-0.2, -0.15) is 0 Å². The van der Waals surface area contributed by atoms with E-state index in [1.54, 1.807) is 26.8 Å². The standard InChI is InChI=1S/C26H28N2O5/c1-25(2,3)24(30)32-16-28-15-27-19-13-20(31-14-17-9-7-6-8-10-17)18-11-12-26(4,5)33-22(18)21(19)23(28)29/h6-13,15H,14,16H2,1-5H3. The van der Waals surface area contributed by atoms with E-state index in [9.17, 15) is 9.59 Å². The summed E-state index contributed by atoms with van der Waals surface area (Å²) < 4.78 is 18.9. The van der Waals surface area contributed by atoms with Crippen molar-refractivity contribution in [2.75, 3.05) is 0 Å². The van der Waals surface area contributed by atoms with E-state index < -0.39 is 17.0 Å². The van der Waals surface area contributed by atoms with E-state index in [0.29, 0.717) is 34.6 Å². The molecule has 33 heavy (non-hydrogen) atoms. The number of nitrogens with zero attached hydrogens (tertiary/aromatic N) is 2. The van der Waals surface area contributed by atoms with Gasteiger partial charge in [-0.15, -0.1) is 0 Å². The highest BCUT2D eigenvalue weighted by Gasteiger charge is 2.29. The molecule has 0 saturated carbocycles. The molecule has 0 N–H and O–H groups in total. The number of hydrogen-bond donors (Lipinski definition) is 0. The first-order valence-corrected chi connectivity index (χ1v) is 10.8. The molecule has 7 nitrogen and oxygen atoms in total. The van der Waals surface area contributed by atoms with E-state index in [1.807, 2.05) is 56.3 Å². The molecular weight excluding hydrogens is 420 g/mol. The molecule has 172 valence electrons. The second-order valence-corrected chi connectivity index (χ2v) is 9.66. The van der Waals surface area contributed by atoms with Gasteiger partial charge in [-0.3, -0.25) is 14.2 Å². The van der Waals surface area contributed by atoms with Crippen LogP contribution in [0.4, 0.5) is 0 Å². The van der Waals surface area contributed by atoms with Crippen molar-refractivity contribution in [1.82, 2.24) is 9.55 Å². The SMILES string of the molecule is CC1(C)C=Cc2c(OCc3ccccc3)cc3ncn(COC(=O)C(C)(C)C)c(=O)c3c2O1. The molecular formula is C26H28N2O5. The van der Waals surface area contributed by atoms with Gasteiger partial charge in [0, 0.05) is 6.07 Å². The monoisotopic (exact) mass is 448 g/mol. The van der Waals surface area contributed by atoms with Crippen LogP contribution >= 0.6 is 0 Å². The summed E-state index contributed by atoms with van der Waals surface area (Å²) in [5.74, 6) is 0.593. The smallest absolute Gasteiger partial charge is 0.312 e. The number of aromatic nitrogens is 2. The predicted octanol–water partition coefficient (Wildman–Crippen LogP) is 4.71. The van der Waals surface area contributed by atoms with E-state index in [0.717, 1.165) is 5.56 Å². The van der Waals surface area contributed by atoms with Gasteiger partial charge in [-0.05, 0) is 52.3 Å². The summed E-state index contributed by atoms with van der Waals surface area (Å²) in [6.07, 6.45) is 5.21. The van der Waals surface area contributed by atoms with Crippen LogP contribution in [-0.4, -0.2) is 21.1 Å². The summed E-state index contributed by atoms with van der Waals surface area (Å²) >= 11 is 0. The van der Waals surface area contributed by atoms with Gasteiger partial charge in [0.2, 0.25) is 0 Å². The largest absolute Gasteiger partial charge is 0.488 e. The molecule has 0 spiro atoms. The first kappa shape index (κ1) is 22.6. The third-order valence-electron chi connectivity index (χ3n) is 5.27. The molecule has 3 aromatic rings. The molecule has 0 aliphatic carbocycles. The third kappa shape index (κ3) is 4.77. The molecule has 4 rings (SSSR count). The first-order valence-electron chi connectivity index (χ1n) is 10.8. The van der Waals surface area contributed by atoms with E-state index in [4.69, 9.17) is 14.2 Å². The normalized spacial score (nSPS) is 14.5. The van der Waals surface area contributed by atoms with Gasteiger partial charge in [0.05, 0.1) is 16.5 Å². The second kappa shape index (κ2) is 8.39. The third-order valence-corrected chi connectivity index (χ3v) is 5.27. The lowest BCUT2D eigenvalue weighted by atomic mass is 9.98. The van der Waals surface area contributed by atoms with E-state index in [1.165, 1.54) is 10.9 Å². The van der Waals surface area contributed by atoms with Crippen molar-refractivity contribution in [3.63, 3.8) is 0 Å². The molecule has 0 saturated heterocycles. The van der Waals surface area contributed by atoms with Gasteiger partial charge in [0.25, 0.3) is 5.56 Å². The van der Waals surface area contributed by atoms with E-state index >= 15 is 0 Å². The van der Waals surface area contributed by atoms with E-state index in [-0.39, 0.29) is 12.3 Å². The van der Waals surface area contributed by atoms with Gasteiger partial charge in [0.1, 0.15) is 35.4 Å². The lowest BCUT2D eigenvalue weighted by Crippen LogP contribution is -2.31. The molecule has 7 heteroatoms. The molecule has 0 amide bonds. The fourth-order valence-electron chi connectivity index (χ4n) is 3.41. The number of esters is 1. The van der Waals surface area contributed by atoms with Crippen molar-refractivity contribution < 1.29 is 19.0 Å². The summed E-state index contributed by atoms with van der Waals surface area (Å²) in [5, 5.41) is 0.323. The number of fused-ring (bicyclic) bond motifs is 3. The fourth-order valence-corrected chi connectivity index (χ4v) is 3.41. The molecule has 0 unspecified atom stereocenters. The molecule has 2 heterocycles. The Morgan fingerprint density at radius 2 is 1.91 bits per heavy atom. The summed E-state index contributed by atoms with van der Waals surface area (Å²) in [5.41, 5.74) is 0.530. The van der Waals surface area contributed by atoms with Crippen LogP contribution < -0.4 is 15.0 Å². The Labute approximate surface area is 192 Å². The Balaban J connectivity index is 1.75. The second-order valence-electron chi connectivity index (χ2n) is 9.66. The van der Waals surface area contributed by atoms with Crippen LogP contribution in [-0.2, 0) is 22.9 Å². The topological polar surface area (TPSA) is 79.7 Å². The maximum Gasteiger partial charge on any atom is 0.312 e. The Bertz CT molecular complexity index is 1280. The van der Waals surface area contributed by atoms with Crippen LogP contribution in [0.25, 0.3) is 17.0 Å². The minimum atomic E-state index is -0.671. The van der Waals surface area contributed by atoms with Gasteiger partial charge in [0.15, 0.2) is 6.73 Å². The minimum absolute atomic E-state index is 0.224. The maximum absolute atomic E-state index is 13.4. The van der Waals surface area contributed by atoms with Crippen LogP contribution in [0.2, 0.25) is 0 Å². The quantitative estimate of drug-likeness (QED) is 0.526.